The van der Waals surface area contributed by atoms with Gasteiger partial charge >= 0.3 is 0 Å². The molecule has 102 valence electrons. The Bertz CT molecular complexity index is 373. The summed E-state index contributed by atoms with van der Waals surface area (Å²) in [5.74, 6) is 2.35. The lowest BCUT2D eigenvalue weighted by Gasteiger charge is -2.25. The van der Waals surface area contributed by atoms with Crippen molar-refractivity contribution in [1.82, 2.24) is 19.7 Å². The van der Waals surface area contributed by atoms with Crippen LogP contribution in [0, 0.1) is 11.8 Å². The molecule has 0 saturated carbocycles. The Morgan fingerprint density at radius 1 is 1.50 bits per heavy atom. The third-order valence-electron chi connectivity index (χ3n) is 3.82. The number of nitrogens with zero attached hydrogens (tertiary/aromatic N) is 4. The van der Waals surface area contributed by atoms with Crippen molar-refractivity contribution in [1.29, 1.82) is 0 Å². The van der Waals surface area contributed by atoms with Crippen LogP contribution in [0.1, 0.15) is 33.0 Å². The SMILES string of the molecule is CC(C)Cn1ncnc1CN1CCC(C)C1CN. The van der Waals surface area contributed by atoms with Crippen LogP contribution < -0.4 is 5.73 Å². The van der Waals surface area contributed by atoms with Crippen molar-refractivity contribution >= 4 is 0 Å². The minimum absolute atomic E-state index is 0.495. The van der Waals surface area contributed by atoms with Gasteiger partial charge in [-0.15, -0.1) is 0 Å². The minimum atomic E-state index is 0.495. The summed E-state index contributed by atoms with van der Waals surface area (Å²) in [5.41, 5.74) is 5.88. The number of nitrogens with two attached hydrogens (primary N) is 1. The summed E-state index contributed by atoms with van der Waals surface area (Å²) in [6.07, 6.45) is 2.90. The van der Waals surface area contributed by atoms with Crippen molar-refractivity contribution in [3.05, 3.63) is 12.2 Å². The average Bonchev–Trinajstić information content (AvgIpc) is 2.87. The van der Waals surface area contributed by atoms with E-state index in [1.807, 2.05) is 4.68 Å². The van der Waals surface area contributed by atoms with Crippen LogP contribution in [0.5, 0.6) is 0 Å². The molecule has 18 heavy (non-hydrogen) atoms. The molecule has 0 bridgehead atoms. The molecule has 2 rings (SSSR count). The second kappa shape index (κ2) is 5.80. The largest absolute Gasteiger partial charge is 0.329 e. The van der Waals surface area contributed by atoms with Crippen LogP contribution in [0.4, 0.5) is 0 Å². The highest BCUT2D eigenvalue weighted by Gasteiger charge is 2.30. The van der Waals surface area contributed by atoms with Gasteiger partial charge in [-0.05, 0) is 24.8 Å². The Kier molecular flexibility index (Phi) is 4.35. The molecule has 2 N–H and O–H groups in total. The molecule has 0 radical (unpaired) electrons. The topological polar surface area (TPSA) is 60.0 Å². The first kappa shape index (κ1) is 13.5. The fourth-order valence-corrected chi connectivity index (χ4v) is 2.76. The molecular formula is C13H25N5. The molecule has 2 atom stereocenters. The molecule has 2 unspecified atom stereocenters. The van der Waals surface area contributed by atoms with Crippen molar-refractivity contribution in [2.75, 3.05) is 13.1 Å². The third-order valence-corrected chi connectivity index (χ3v) is 3.82. The van der Waals surface area contributed by atoms with E-state index < -0.39 is 0 Å². The fourth-order valence-electron chi connectivity index (χ4n) is 2.76. The second-order valence-electron chi connectivity index (χ2n) is 5.79. The fraction of sp³-hybridized carbons (Fsp3) is 0.846. The lowest BCUT2D eigenvalue weighted by molar-refractivity contribution is 0.218. The number of likely N-dealkylation sites (tertiary alicyclic amines) is 1. The van der Waals surface area contributed by atoms with Gasteiger partial charge in [0.2, 0.25) is 0 Å². The van der Waals surface area contributed by atoms with E-state index in [4.69, 9.17) is 5.73 Å². The van der Waals surface area contributed by atoms with E-state index in [0.29, 0.717) is 17.9 Å². The Morgan fingerprint density at radius 3 is 2.94 bits per heavy atom. The van der Waals surface area contributed by atoms with Gasteiger partial charge in [0.15, 0.2) is 0 Å². The molecule has 1 aliphatic heterocycles. The Morgan fingerprint density at radius 2 is 2.28 bits per heavy atom. The molecule has 0 aromatic carbocycles. The van der Waals surface area contributed by atoms with Gasteiger partial charge in [0.05, 0.1) is 6.54 Å². The molecule has 2 heterocycles. The number of rotatable bonds is 5. The van der Waals surface area contributed by atoms with Gasteiger partial charge in [-0.1, -0.05) is 20.8 Å². The molecule has 1 aromatic heterocycles. The summed E-state index contributed by atoms with van der Waals surface area (Å²) in [6.45, 7) is 10.4. The van der Waals surface area contributed by atoms with E-state index in [1.54, 1.807) is 6.33 Å². The Hall–Kier alpha value is -0.940. The second-order valence-corrected chi connectivity index (χ2v) is 5.79. The number of hydrogen-bond donors (Lipinski definition) is 1. The lowest BCUT2D eigenvalue weighted by atomic mass is 10.0. The van der Waals surface area contributed by atoms with Crippen molar-refractivity contribution in [2.45, 2.75) is 46.3 Å². The lowest BCUT2D eigenvalue weighted by Crippen LogP contribution is -2.38. The van der Waals surface area contributed by atoms with Crippen LogP contribution >= 0.6 is 0 Å². The summed E-state index contributed by atoms with van der Waals surface area (Å²) >= 11 is 0. The highest BCUT2D eigenvalue weighted by molar-refractivity contribution is 4.92. The predicted octanol–water partition coefficient (Wildman–Crippen LogP) is 1.10. The van der Waals surface area contributed by atoms with E-state index in [0.717, 1.165) is 32.0 Å². The molecular weight excluding hydrogens is 226 g/mol. The van der Waals surface area contributed by atoms with Crippen molar-refractivity contribution in [3.8, 4) is 0 Å². The van der Waals surface area contributed by atoms with Gasteiger partial charge in [-0.2, -0.15) is 5.10 Å². The van der Waals surface area contributed by atoms with E-state index in [-0.39, 0.29) is 0 Å². The van der Waals surface area contributed by atoms with Gasteiger partial charge in [-0.3, -0.25) is 4.90 Å². The zero-order valence-electron chi connectivity index (χ0n) is 11.7. The maximum absolute atomic E-state index is 5.88. The zero-order chi connectivity index (χ0) is 13.1. The summed E-state index contributed by atoms with van der Waals surface area (Å²) in [4.78, 5) is 6.85. The first-order valence-corrected chi connectivity index (χ1v) is 6.92. The van der Waals surface area contributed by atoms with Crippen LogP contribution in [0.15, 0.2) is 6.33 Å². The predicted molar refractivity (Wildman–Crippen MR) is 71.9 cm³/mol. The molecule has 0 amide bonds. The first-order chi connectivity index (χ1) is 8.61. The summed E-state index contributed by atoms with van der Waals surface area (Å²) in [6, 6.07) is 0.495. The molecule has 1 aliphatic rings. The van der Waals surface area contributed by atoms with Crippen molar-refractivity contribution in [3.63, 3.8) is 0 Å². The maximum Gasteiger partial charge on any atom is 0.141 e. The van der Waals surface area contributed by atoms with Gasteiger partial charge in [0.25, 0.3) is 0 Å². The van der Waals surface area contributed by atoms with Crippen molar-refractivity contribution < 1.29 is 0 Å². The van der Waals surface area contributed by atoms with Crippen LogP contribution in [0.25, 0.3) is 0 Å². The monoisotopic (exact) mass is 251 g/mol. The highest BCUT2D eigenvalue weighted by Crippen LogP contribution is 2.24. The van der Waals surface area contributed by atoms with Gasteiger partial charge < -0.3 is 5.73 Å². The Balaban J connectivity index is 2.03. The highest BCUT2D eigenvalue weighted by atomic mass is 15.4. The smallest absolute Gasteiger partial charge is 0.141 e. The number of hydrogen-bond acceptors (Lipinski definition) is 4. The molecule has 1 saturated heterocycles. The summed E-state index contributed by atoms with van der Waals surface area (Å²) in [7, 11) is 0. The molecule has 5 heteroatoms. The normalized spacial score (nSPS) is 25.2. The number of aromatic nitrogens is 3. The minimum Gasteiger partial charge on any atom is -0.329 e. The van der Waals surface area contributed by atoms with E-state index in [2.05, 4.69) is 35.8 Å². The third kappa shape index (κ3) is 2.90. The molecule has 1 fully saturated rings. The van der Waals surface area contributed by atoms with Crippen LogP contribution in [0.2, 0.25) is 0 Å². The van der Waals surface area contributed by atoms with Gasteiger partial charge in [0.1, 0.15) is 12.2 Å². The van der Waals surface area contributed by atoms with Crippen LogP contribution in [-0.4, -0.2) is 38.8 Å². The summed E-state index contributed by atoms with van der Waals surface area (Å²) in [5, 5.41) is 4.32. The standard InChI is InChI=1S/C13H25N5/c1-10(2)7-18-13(15-9-16-18)8-17-5-4-11(3)12(17)6-14/h9-12H,4-8,14H2,1-3H3. The molecule has 5 nitrogen and oxygen atoms in total. The Labute approximate surface area is 109 Å². The first-order valence-electron chi connectivity index (χ1n) is 6.92. The molecule has 0 spiro atoms. The quantitative estimate of drug-likeness (QED) is 0.851. The van der Waals surface area contributed by atoms with Crippen molar-refractivity contribution in [2.24, 2.45) is 17.6 Å². The molecule has 0 aliphatic carbocycles. The summed E-state index contributed by atoms with van der Waals surface area (Å²) < 4.78 is 2.03. The molecule has 1 aromatic rings. The van der Waals surface area contributed by atoms with E-state index in [9.17, 15) is 0 Å². The van der Waals surface area contributed by atoms with Gasteiger partial charge in [-0.25, -0.2) is 9.67 Å². The average molecular weight is 251 g/mol. The van der Waals surface area contributed by atoms with Crippen LogP contribution in [-0.2, 0) is 13.1 Å². The maximum atomic E-state index is 5.88. The van der Waals surface area contributed by atoms with E-state index in [1.165, 1.54) is 6.42 Å². The van der Waals surface area contributed by atoms with Crippen LogP contribution in [0.3, 0.4) is 0 Å². The van der Waals surface area contributed by atoms with E-state index >= 15 is 0 Å². The van der Waals surface area contributed by atoms with Gasteiger partial charge in [0, 0.05) is 19.1 Å². The zero-order valence-corrected chi connectivity index (χ0v) is 11.7.